The molecule has 0 saturated carbocycles. The molecule has 21 heavy (non-hydrogen) atoms. The maximum atomic E-state index is 5.77. The standard InChI is InChI=1S/C15H22N4O2/c1-3-18(4-2)9-15-17-11-7-13-14(21-10-20-13)8-12(11)19(15)6-5-16/h7-8H,3-6,9-10,16H2,1-2H3. The zero-order chi connectivity index (χ0) is 14.8. The van der Waals surface area contributed by atoms with Gasteiger partial charge in [-0.05, 0) is 13.1 Å². The topological polar surface area (TPSA) is 65.5 Å². The van der Waals surface area contributed by atoms with Crippen molar-refractivity contribution in [3.63, 3.8) is 0 Å². The minimum absolute atomic E-state index is 0.283. The zero-order valence-electron chi connectivity index (χ0n) is 12.6. The molecule has 0 aliphatic carbocycles. The van der Waals surface area contributed by atoms with Crippen LogP contribution in [0.25, 0.3) is 11.0 Å². The number of nitrogens with two attached hydrogens (primary N) is 1. The first-order valence-electron chi connectivity index (χ1n) is 7.48. The second kappa shape index (κ2) is 5.91. The van der Waals surface area contributed by atoms with Gasteiger partial charge in [-0.1, -0.05) is 13.8 Å². The molecule has 1 aliphatic rings. The quantitative estimate of drug-likeness (QED) is 0.874. The third-order valence-electron chi connectivity index (χ3n) is 3.93. The van der Waals surface area contributed by atoms with Gasteiger partial charge in [0.15, 0.2) is 11.5 Å². The summed E-state index contributed by atoms with van der Waals surface area (Å²) in [6.45, 7) is 8.79. The van der Waals surface area contributed by atoms with Crippen LogP contribution >= 0.6 is 0 Å². The predicted molar refractivity (Wildman–Crippen MR) is 81.5 cm³/mol. The Morgan fingerprint density at radius 3 is 2.62 bits per heavy atom. The molecule has 0 saturated heterocycles. The minimum atomic E-state index is 0.283. The summed E-state index contributed by atoms with van der Waals surface area (Å²) >= 11 is 0. The van der Waals surface area contributed by atoms with Crippen molar-refractivity contribution in [2.45, 2.75) is 26.9 Å². The lowest BCUT2D eigenvalue weighted by atomic mass is 10.2. The summed E-state index contributed by atoms with van der Waals surface area (Å²) in [5.74, 6) is 2.60. The lowest BCUT2D eigenvalue weighted by Crippen LogP contribution is -2.25. The zero-order valence-corrected chi connectivity index (χ0v) is 12.6. The van der Waals surface area contributed by atoms with E-state index in [-0.39, 0.29) is 6.79 Å². The highest BCUT2D eigenvalue weighted by Crippen LogP contribution is 2.36. The Bertz CT molecular complexity index is 634. The Hall–Kier alpha value is -1.79. The molecule has 2 aromatic rings. The van der Waals surface area contributed by atoms with Crippen LogP contribution in [0.2, 0.25) is 0 Å². The van der Waals surface area contributed by atoms with E-state index in [1.165, 1.54) is 0 Å². The van der Waals surface area contributed by atoms with E-state index < -0.39 is 0 Å². The average molecular weight is 290 g/mol. The van der Waals surface area contributed by atoms with E-state index in [2.05, 4.69) is 23.3 Å². The third-order valence-corrected chi connectivity index (χ3v) is 3.93. The van der Waals surface area contributed by atoms with Gasteiger partial charge in [0.25, 0.3) is 0 Å². The third kappa shape index (κ3) is 2.56. The van der Waals surface area contributed by atoms with E-state index in [1.54, 1.807) is 0 Å². The van der Waals surface area contributed by atoms with Crippen LogP contribution in [0.5, 0.6) is 11.5 Å². The van der Waals surface area contributed by atoms with Crippen molar-refractivity contribution in [3.05, 3.63) is 18.0 Å². The summed E-state index contributed by atoms with van der Waals surface area (Å²) in [7, 11) is 0. The number of aromatic nitrogens is 2. The summed E-state index contributed by atoms with van der Waals surface area (Å²) < 4.78 is 13.1. The highest BCUT2D eigenvalue weighted by atomic mass is 16.7. The number of nitrogens with zero attached hydrogens (tertiary/aromatic N) is 3. The van der Waals surface area contributed by atoms with Crippen LogP contribution in [0, 0.1) is 0 Å². The molecular weight excluding hydrogens is 268 g/mol. The van der Waals surface area contributed by atoms with Gasteiger partial charge in [0.1, 0.15) is 5.82 Å². The summed E-state index contributed by atoms with van der Waals surface area (Å²) in [4.78, 5) is 7.12. The number of ether oxygens (including phenoxy) is 2. The van der Waals surface area contributed by atoms with Crippen LogP contribution in [0.1, 0.15) is 19.7 Å². The van der Waals surface area contributed by atoms with Crippen LogP contribution in [0.15, 0.2) is 12.1 Å². The van der Waals surface area contributed by atoms with Crippen molar-refractivity contribution in [2.24, 2.45) is 5.73 Å². The molecule has 1 aromatic carbocycles. The van der Waals surface area contributed by atoms with Gasteiger partial charge in [0.2, 0.25) is 6.79 Å². The molecule has 0 radical (unpaired) electrons. The Balaban J connectivity index is 2.04. The van der Waals surface area contributed by atoms with Gasteiger partial charge in [-0.15, -0.1) is 0 Å². The van der Waals surface area contributed by atoms with E-state index in [1.807, 2.05) is 12.1 Å². The average Bonchev–Trinajstić information content (AvgIpc) is 3.07. The Labute approximate surface area is 124 Å². The second-order valence-electron chi connectivity index (χ2n) is 5.12. The fourth-order valence-corrected chi connectivity index (χ4v) is 2.71. The normalized spacial score (nSPS) is 13.5. The predicted octanol–water partition coefficient (Wildman–Crippen LogP) is 1.57. The van der Waals surface area contributed by atoms with Crippen molar-refractivity contribution in [1.29, 1.82) is 0 Å². The maximum Gasteiger partial charge on any atom is 0.231 e. The Morgan fingerprint density at radius 1 is 1.24 bits per heavy atom. The lowest BCUT2D eigenvalue weighted by molar-refractivity contribution is 0.174. The first-order valence-corrected chi connectivity index (χ1v) is 7.48. The number of hydrogen-bond donors (Lipinski definition) is 1. The van der Waals surface area contributed by atoms with Gasteiger partial charge >= 0.3 is 0 Å². The molecule has 2 heterocycles. The SMILES string of the molecule is CCN(CC)Cc1nc2cc3c(cc2n1CCN)OCO3. The van der Waals surface area contributed by atoms with Crippen molar-refractivity contribution in [1.82, 2.24) is 14.5 Å². The first kappa shape index (κ1) is 14.2. The Morgan fingerprint density at radius 2 is 1.95 bits per heavy atom. The van der Waals surface area contributed by atoms with E-state index in [0.29, 0.717) is 6.54 Å². The number of hydrogen-bond acceptors (Lipinski definition) is 5. The van der Waals surface area contributed by atoms with Crippen LogP contribution in [0.4, 0.5) is 0 Å². The van der Waals surface area contributed by atoms with Gasteiger partial charge in [-0.25, -0.2) is 4.98 Å². The van der Waals surface area contributed by atoms with Crippen molar-refractivity contribution >= 4 is 11.0 Å². The molecule has 0 unspecified atom stereocenters. The number of benzene rings is 1. The summed E-state index contributed by atoms with van der Waals surface area (Å²) in [5.41, 5.74) is 7.77. The van der Waals surface area contributed by atoms with Gasteiger partial charge in [-0.2, -0.15) is 0 Å². The second-order valence-corrected chi connectivity index (χ2v) is 5.12. The molecule has 2 N–H and O–H groups in total. The molecular formula is C15H22N4O2. The fourth-order valence-electron chi connectivity index (χ4n) is 2.71. The highest BCUT2D eigenvalue weighted by molar-refractivity contribution is 5.81. The largest absolute Gasteiger partial charge is 0.454 e. The molecule has 6 nitrogen and oxygen atoms in total. The molecule has 1 aliphatic heterocycles. The van der Waals surface area contributed by atoms with Crippen molar-refractivity contribution < 1.29 is 9.47 Å². The van der Waals surface area contributed by atoms with Gasteiger partial charge in [0.05, 0.1) is 17.6 Å². The van der Waals surface area contributed by atoms with Crippen LogP contribution in [-0.4, -0.2) is 40.9 Å². The molecule has 114 valence electrons. The van der Waals surface area contributed by atoms with Crippen molar-refractivity contribution in [3.8, 4) is 11.5 Å². The van der Waals surface area contributed by atoms with Crippen LogP contribution in [-0.2, 0) is 13.1 Å². The molecule has 0 atom stereocenters. The molecule has 6 heteroatoms. The van der Waals surface area contributed by atoms with Gasteiger partial charge in [0, 0.05) is 25.2 Å². The van der Waals surface area contributed by atoms with Crippen molar-refractivity contribution in [2.75, 3.05) is 26.4 Å². The number of fused-ring (bicyclic) bond motifs is 2. The summed E-state index contributed by atoms with van der Waals surface area (Å²) in [5, 5.41) is 0. The lowest BCUT2D eigenvalue weighted by Gasteiger charge is -2.18. The number of rotatable bonds is 6. The highest BCUT2D eigenvalue weighted by Gasteiger charge is 2.19. The number of imidazole rings is 1. The van der Waals surface area contributed by atoms with E-state index in [9.17, 15) is 0 Å². The summed E-state index contributed by atoms with van der Waals surface area (Å²) in [6, 6.07) is 3.96. The summed E-state index contributed by atoms with van der Waals surface area (Å²) in [6.07, 6.45) is 0. The molecule has 0 amide bonds. The first-order chi connectivity index (χ1) is 10.3. The van der Waals surface area contributed by atoms with Gasteiger partial charge < -0.3 is 19.8 Å². The van der Waals surface area contributed by atoms with E-state index >= 15 is 0 Å². The molecule has 0 bridgehead atoms. The smallest absolute Gasteiger partial charge is 0.231 e. The molecule has 0 fully saturated rings. The van der Waals surface area contributed by atoms with E-state index in [0.717, 1.165) is 54.5 Å². The maximum absolute atomic E-state index is 5.77. The van der Waals surface area contributed by atoms with E-state index in [4.69, 9.17) is 20.2 Å². The van der Waals surface area contributed by atoms with Crippen LogP contribution in [0.3, 0.4) is 0 Å². The van der Waals surface area contributed by atoms with Gasteiger partial charge in [-0.3, -0.25) is 4.90 Å². The Kier molecular flexibility index (Phi) is 3.98. The minimum Gasteiger partial charge on any atom is -0.454 e. The van der Waals surface area contributed by atoms with Crippen LogP contribution < -0.4 is 15.2 Å². The molecule has 1 aromatic heterocycles. The molecule has 3 rings (SSSR count). The molecule has 0 spiro atoms. The fraction of sp³-hybridized carbons (Fsp3) is 0.533. The monoisotopic (exact) mass is 290 g/mol.